The number of carbonyl (C=O) groups excluding carboxylic acids is 6. The Morgan fingerprint density at radius 1 is 0.621 bits per heavy atom. The molecule has 0 heterocycles. The number of nitrogens with one attached hydrogen (secondary N) is 5. The predicted molar refractivity (Wildman–Crippen MR) is 204 cm³/mol. The SMILES string of the molecule is CC(O)C(NC(=O)C(Cc1ccc(O)cc1)NC(=O)C(CC(N)=O)NC(=O)C(CCC(=O)O)NC(=O)C(Cc1ccc(O)cc1)NC(=O)C(N)CCCCN)C(=O)O. The number of phenols is 2. The van der Waals surface area contributed by atoms with Crippen molar-refractivity contribution in [3.8, 4) is 11.5 Å². The number of aliphatic hydroxyl groups is 1. The number of nitrogens with two attached hydrogens (primary N) is 3. The fraction of sp³-hybridized carbons (Fsp3) is 0.459. The largest absolute Gasteiger partial charge is 0.508 e. The monoisotopic (exact) mass is 816 g/mol. The number of carboxylic acid groups (broad SMARTS) is 2. The predicted octanol–water partition coefficient (Wildman–Crippen LogP) is -3.03. The number of phenolic OH excluding ortho intramolecular Hbond substituents is 2. The zero-order valence-corrected chi connectivity index (χ0v) is 31.8. The number of primary amides is 1. The molecule has 21 heteroatoms. The summed E-state index contributed by atoms with van der Waals surface area (Å²) >= 11 is 0. The van der Waals surface area contributed by atoms with Gasteiger partial charge in [0.2, 0.25) is 35.4 Å². The lowest BCUT2D eigenvalue weighted by molar-refractivity contribution is -0.145. The van der Waals surface area contributed by atoms with Gasteiger partial charge in [0, 0.05) is 19.3 Å². The molecule has 2 rings (SSSR count). The lowest BCUT2D eigenvalue weighted by Gasteiger charge is -2.27. The third kappa shape index (κ3) is 16.8. The Balaban J connectivity index is 2.41. The molecule has 2 aromatic rings. The molecule has 58 heavy (non-hydrogen) atoms. The number of hydrogen-bond acceptors (Lipinski definition) is 13. The number of aliphatic hydroxyl groups excluding tert-OH is 1. The van der Waals surface area contributed by atoms with E-state index in [9.17, 15) is 63.9 Å². The first-order valence-electron chi connectivity index (χ1n) is 18.3. The maximum atomic E-state index is 13.8. The van der Waals surface area contributed by atoms with Gasteiger partial charge in [0.05, 0.1) is 18.6 Å². The fourth-order valence-corrected chi connectivity index (χ4v) is 5.48. The van der Waals surface area contributed by atoms with Crippen LogP contribution >= 0.6 is 0 Å². The lowest BCUT2D eigenvalue weighted by Crippen LogP contribution is -2.60. The van der Waals surface area contributed by atoms with E-state index in [0.29, 0.717) is 30.5 Å². The summed E-state index contributed by atoms with van der Waals surface area (Å²) in [5, 5.41) is 59.8. The second-order valence-corrected chi connectivity index (χ2v) is 13.5. The molecule has 0 saturated heterocycles. The Hall–Kier alpha value is -6.32. The summed E-state index contributed by atoms with van der Waals surface area (Å²) in [5.74, 6) is -9.38. The lowest BCUT2D eigenvalue weighted by atomic mass is 10.0. The van der Waals surface area contributed by atoms with Crippen LogP contribution in [0, 0.1) is 0 Å². The van der Waals surface area contributed by atoms with Crippen LogP contribution in [0.15, 0.2) is 48.5 Å². The normalized spacial score (nSPS) is 14.6. The molecular formula is C37H52N8O13. The maximum absolute atomic E-state index is 13.8. The highest BCUT2D eigenvalue weighted by atomic mass is 16.4. The number of rotatable bonds is 25. The summed E-state index contributed by atoms with van der Waals surface area (Å²) in [4.78, 5) is 103. The topological polar surface area (TPSA) is 376 Å². The highest BCUT2D eigenvalue weighted by Crippen LogP contribution is 2.14. The van der Waals surface area contributed by atoms with Crippen molar-refractivity contribution in [2.45, 2.75) is 101 Å². The Kier molecular flexibility index (Phi) is 19.5. The molecule has 318 valence electrons. The smallest absolute Gasteiger partial charge is 0.328 e. The molecule has 0 fully saturated rings. The standard InChI is InChI=1S/C37H52N8O13/c1-19(46)31(37(57)58)45-36(56)27(17-21-7-11-23(48)12-8-21)43-35(55)28(18-29(40)49)44-33(53)25(13-14-30(50)51)41-34(54)26(16-20-5-9-22(47)10-6-20)42-32(52)24(39)4-2-3-15-38/h5-12,19,24-28,31,46-48H,2-4,13-18,38-39H2,1H3,(H2,40,49)(H,41,54)(H,42,52)(H,43,55)(H,44,53)(H,45,56)(H,50,51)(H,57,58). The van der Waals surface area contributed by atoms with Crippen LogP contribution < -0.4 is 43.8 Å². The molecule has 16 N–H and O–H groups in total. The second kappa shape index (κ2) is 23.7. The van der Waals surface area contributed by atoms with Crippen molar-refractivity contribution in [3.63, 3.8) is 0 Å². The summed E-state index contributed by atoms with van der Waals surface area (Å²) in [6.45, 7) is 1.47. The van der Waals surface area contributed by atoms with Crippen molar-refractivity contribution in [1.82, 2.24) is 26.6 Å². The molecule has 21 nitrogen and oxygen atoms in total. The molecule has 0 aliphatic rings. The van der Waals surface area contributed by atoms with Gasteiger partial charge in [-0.25, -0.2) is 4.79 Å². The van der Waals surface area contributed by atoms with Gasteiger partial charge in [0.15, 0.2) is 6.04 Å². The zero-order chi connectivity index (χ0) is 43.5. The Morgan fingerprint density at radius 3 is 1.50 bits per heavy atom. The Bertz CT molecular complexity index is 1740. The molecule has 0 saturated carbocycles. The van der Waals surface area contributed by atoms with E-state index in [1.165, 1.54) is 48.5 Å². The fourth-order valence-electron chi connectivity index (χ4n) is 5.48. The van der Waals surface area contributed by atoms with Crippen LogP contribution in [0.3, 0.4) is 0 Å². The number of benzene rings is 2. The van der Waals surface area contributed by atoms with Gasteiger partial charge >= 0.3 is 11.9 Å². The van der Waals surface area contributed by atoms with Crippen molar-refractivity contribution >= 4 is 47.4 Å². The number of aromatic hydroxyl groups is 2. The molecule has 2 aromatic carbocycles. The molecule has 0 aromatic heterocycles. The molecule has 0 radical (unpaired) electrons. The van der Waals surface area contributed by atoms with E-state index >= 15 is 0 Å². The highest BCUT2D eigenvalue weighted by Gasteiger charge is 2.34. The molecule has 7 atom stereocenters. The summed E-state index contributed by atoms with van der Waals surface area (Å²) in [5.41, 5.74) is 17.7. The average Bonchev–Trinajstić information content (AvgIpc) is 3.15. The van der Waals surface area contributed by atoms with Gasteiger partial charge < -0.3 is 69.3 Å². The van der Waals surface area contributed by atoms with Crippen molar-refractivity contribution in [2.75, 3.05) is 6.54 Å². The van der Waals surface area contributed by atoms with Crippen LogP contribution in [0.5, 0.6) is 11.5 Å². The van der Waals surface area contributed by atoms with Crippen LogP contribution in [0.4, 0.5) is 0 Å². The number of amides is 6. The quantitative estimate of drug-likeness (QED) is 0.0443. The van der Waals surface area contributed by atoms with Gasteiger partial charge in [-0.05, 0) is 68.1 Å². The van der Waals surface area contributed by atoms with E-state index < -0.39 is 109 Å². The molecular weight excluding hydrogens is 764 g/mol. The number of unbranched alkanes of at least 4 members (excludes halogenated alkanes) is 1. The van der Waals surface area contributed by atoms with Crippen LogP contribution in [-0.2, 0) is 51.2 Å². The van der Waals surface area contributed by atoms with Gasteiger partial charge in [-0.1, -0.05) is 30.7 Å². The molecule has 0 spiro atoms. The van der Waals surface area contributed by atoms with Crippen LogP contribution in [0.2, 0.25) is 0 Å². The Morgan fingerprint density at radius 2 is 1.05 bits per heavy atom. The third-order valence-corrected chi connectivity index (χ3v) is 8.69. The average molecular weight is 817 g/mol. The van der Waals surface area contributed by atoms with E-state index in [0.717, 1.165) is 6.92 Å². The van der Waals surface area contributed by atoms with Crippen molar-refractivity contribution < 1.29 is 63.9 Å². The minimum absolute atomic E-state index is 0.0767. The van der Waals surface area contributed by atoms with E-state index in [-0.39, 0.29) is 30.8 Å². The van der Waals surface area contributed by atoms with Crippen LogP contribution in [-0.4, -0.2) is 122 Å². The van der Waals surface area contributed by atoms with E-state index in [4.69, 9.17) is 17.2 Å². The first-order chi connectivity index (χ1) is 27.3. The van der Waals surface area contributed by atoms with E-state index in [2.05, 4.69) is 26.6 Å². The minimum atomic E-state index is -1.84. The minimum Gasteiger partial charge on any atom is -0.508 e. The van der Waals surface area contributed by atoms with Gasteiger partial charge in [-0.3, -0.25) is 33.6 Å². The van der Waals surface area contributed by atoms with Gasteiger partial charge in [-0.15, -0.1) is 0 Å². The van der Waals surface area contributed by atoms with Crippen molar-refractivity contribution in [2.24, 2.45) is 17.2 Å². The van der Waals surface area contributed by atoms with Gasteiger partial charge in [0.25, 0.3) is 0 Å². The van der Waals surface area contributed by atoms with Crippen LogP contribution in [0.25, 0.3) is 0 Å². The molecule has 7 unspecified atom stereocenters. The number of aliphatic carboxylic acids is 2. The van der Waals surface area contributed by atoms with Gasteiger partial charge in [-0.2, -0.15) is 0 Å². The molecule has 6 amide bonds. The number of hydrogen-bond donors (Lipinski definition) is 13. The zero-order valence-electron chi connectivity index (χ0n) is 31.8. The number of carboxylic acids is 2. The van der Waals surface area contributed by atoms with Crippen molar-refractivity contribution in [1.29, 1.82) is 0 Å². The summed E-state index contributed by atoms with van der Waals surface area (Å²) in [6.07, 6.45) is -2.79. The summed E-state index contributed by atoms with van der Waals surface area (Å²) in [7, 11) is 0. The molecule has 0 bridgehead atoms. The second-order valence-electron chi connectivity index (χ2n) is 13.5. The van der Waals surface area contributed by atoms with Gasteiger partial charge in [0.1, 0.15) is 35.7 Å². The highest BCUT2D eigenvalue weighted by molar-refractivity contribution is 5.98. The molecule has 0 aliphatic heterocycles. The molecule has 0 aliphatic carbocycles. The van der Waals surface area contributed by atoms with Crippen LogP contribution in [0.1, 0.15) is 56.6 Å². The summed E-state index contributed by atoms with van der Waals surface area (Å²) < 4.78 is 0. The maximum Gasteiger partial charge on any atom is 0.328 e. The first kappa shape index (κ1) is 47.8. The first-order valence-corrected chi connectivity index (χ1v) is 18.3. The van der Waals surface area contributed by atoms with E-state index in [1.807, 2.05) is 0 Å². The van der Waals surface area contributed by atoms with Crippen molar-refractivity contribution in [3.05, 3.63) is 59.7 Å². The Labute approximate surface area is 333 Å². The third-order valence-electron chi connectivity index (χ3n) is 8.69. The summed E-state index contributed by atoms with van der Waals surface area (Å²) in [6, 6.07) is 1.63. The van der Waals surface area contributed by atoms with E-state index in [1.54, 1.807) is 0 Å². The number of carbonyl (C=O) groups is 8.